The van der Waals surface area contributed by atoms with Gasteiger partial charge in [0.15, 0.2) is 0 Å². The zero-order chi connectivity index (χ0) is 17.4. The Morgan fingerprint density at radius 3 is 2.42 bits per heavy atom. The summed E-state index contributed by atoms with van der Waals surface area (Å²) in [4.78, 5) is 27.0. The number of hydrogen-bond acceptors (Lipinski definition) is 3. The molecule has 1 aliphatic heterocycles. The van der Waals surface area contributed by atoms with Crippen LogP contribution >= 0.6 is 0 Å². The first-order chi connectivity index (χ1) is 11.5. The SMILES string of the molecule is O=C(/C=C\c1ccccc1)NCC(=O)N1CCN(CC(F)F)CC1. The van der Waals surface area contributed by atoms with Crippen molar-refractivity contribution in [2.24, 2.45) is 0 Å². The van der Waals surface area contributed by atoms with Crippen LogP contribution in [0.4, 0.5) is 8.78 Å². The van der Waals surface area contributed by atoms with Gasteiger partial charge in [-0.25, -0.2) is 8.78 Å². The van der Waals surface area contributed by atoms with Crippen molar-refractivity contribution in [1.29, 1.82) is 0 Å². The number of carbonyl (C=O) groups is 2. The maximum Gasteiger partial charge on any atom is 0.251 e. The molecule has 2 rings (SSSR count). The van der Waals surface area contributed by atoms with Crippen molar-refractivity contribution in [3.05, 3.63) is 42.0 Å². The second kappa shape index (κ2) is 9.12. The van der Waals surface area contributed by atoms with Crippen molar-refractivity contribution in [1.82, 2.24) is 15.1 Å². The van der Waals surface area contributed by atoms with Gasteiger partial charge in [0.1, 0.15) is 0 Å². The minimum Gasteiger partial charge on any atom is -0.343 e. The molecule has 1 aliphatic rings. The van der Waals surface area contributed by atoms with Crippen molar-refractivity contribution in [2.45, 2.75) is 6.43 Å². The largest absolute Gasteiger partial charge is 0.343 e. The molecule has 1 fully saturated rings. The Hall–Kier alpha value is -2.28. The van der Waals surface area contributed by atoms with Gasteiger partial charge in [0.25, 0.3) is 6.43 Å². The highest BCUT2D eigenvalue weighted by atomic mass is 19.3. The Morgan fingerprint density at radius 1 is 1.12 bits per heavy atom. The molecule has 0 aliphatic carbocycles. The summed E-state index contributed by atoms with van der Waals surface area (Å²) in [6.45, 7) is 1.31. The van der Waals surface area contributed by atoms with E-state index in [1.54, 1.807) is 15.9 Å². The van der Waals surface area contributed by atoms with Crippen LogP contribution in [0.25, 0.3) is 6.08 Å². The van der Waals surface area contributed by atoms with Gasteiger partial charge >= 0.3 is 0 Å². The van der Waals surface area contributed by atoms with Crippen LogP contribution < -0.4 is 5.32 Å². The lowest BCUT2D eigenvalue weighted by atomic mass is 10.2. The van der Waals surface area contributed by atoms with E-state index in [1.807, 2.05) is 30.3 Å². The van der Waals surface area contributed by atoms with Crippen LogP contribution in [0.3, 0.4) is 0 Å². The Bertz CT molecular complexity index is 570. The van der Waals surface area contributed by atoms with E-state index in [1.165, 1.54) is 6.08 Å². The van der Waals surface area contributed by atoms with E-state index in [9.17, 15) is 18.4 Å². The van der Waals surface area contributed by atoms with Crippen LogP contribution in [-0.2, 0) is 9.59 Å². The topological polar surface area (TPSA) is 52.7 Å². The number of amides is 2. The average molecular weight is 337 g/mol. The van der Waals surface area contributed by atoms with E-state index in [0.29, 0.717) is 26.2 Å². The molecule has 5 nitrogen and oxygen atoms in total. The lowest BCUT2D eigenvalue weighted by molar-refractivity contribution is -0.133. The third-order valence-corrected chi connectivity index (χ3v) is 3.76. The van der Waals surface area contributed by atoms with Crippen molar-refractivity contribution in [3.8, 4) is 0 Å². The van der Waals surface area contributed by atoms with Gasteiger partial charge in [-0.15, -0.1) is 0 Å². The van der Waals surface area contributed by atoms with Crippen LogP contribution in [0.2, 0.25) is 0 Å². The molecule has 0 aromatic heterocycles. The summed E-state index contributed by atoms with van der Waals surface area (Å²) in [6, 6.07) is 9.36. The zero-order valence-corrected chi connectivity index (χ0v) is 13.3. The Labute approximate surface area is 139 Å². The molecule has 130 valence electrons. The van der Waals surface area contributed by atoms with Gasteiger partial charge in [-0.2, -0.15) is 0 Å². The van der Waals surface area contributed by atoms with Crippen LogP contribution in [-0.4, -0.2) is 67.3 Å². The van der Waals surface area contributed by atoms with Gasteiger partial charge in [0, 0.05) is 32.3 Å². The summed E-state index contributed by atoms with van der Waals surface area (Å²) in [5.41, 5.74) is 0.897. The zero-order valence-electron chi connectivity index (χ0n) is 13.3. The number of benzene rings is 1. The number of rotatable bonds is 6. The molecule has 1 aromatic carbocycles. The number of alkyl halides is 2. The van der Waals surface area contributed by atoms with Crippen molar-refractivity contribution in [2.75, 3.05) is 39.3 Å². The molecule has 1 aromatic rings. The predicted octanol–water partition coefficient (Wildman–Crippen LogP) is 1.23. The number of nitrogens with zero attached hydrogens (tertiary/aromatic N) is 2. The Morgan fingerprint density at radius 2 is 1.79 bits per heavy atom. The first kappa shape index (κ1) is 18.1. The molecule has 0 bridgehead atoms. The average Bonchev–Trinajstić information content (AvgIpc) is 2.59. The van der Waals surface area contributed by atoms with E-state index >= 15 is 0 Å². The summed E-state index contributed by atoms with van der Waals surface area (Å²) in [5, 5.41) is 2.54. The van der Waals surface area contributed by atoms with Crippen LogP contribution in [0.5, 0.6) is 0 Å². The molecule has 0 atom stereocenters. The van der Waals surface area contributed by atoms with Gasteiger partial charge in [-0.1, -0.05) is 30.3 Å². The lowest BCUT2D eigenvalue weighted by Crippen LogP contribution is -2.51. The second-order valence-electron chi connectivity index (χ2n) is 5.53. The number of nitrogens with one attached hydrogen (secondary N) is 1. The van der Waals surface area contributed by atoms with Crippen LogP contribution in [0.15, 0.2) is 36.4 Å². The van der Waals surface area contributed by atoms with Gasteiger partial charge in [0.05, 0.1) is 13.1 Å². The normalized spacial score (nSPS) is 15.9. The maximum absolute atomic E-state index is 12.3. The minimum atomic E-state index is -2.36. The van der Waals surface area contributed by atoms with Crippen LogP contribution in [0, 0.1) is 0 Å². The van der Waals surface area contributed by atoms with Crippen molar-refractivity contribution < 1.29 is 18.4 Å². The van der Waals surface area contributed by atoms with E-state index in [4.69, 9.17) is 0 Å². The van der Waals surface area contributed by atoms with E-state index in [0.717, 1.165) is 5.56 Å². The number of hydrogen-bond donors (Lipinski definition) is 1. The summed E-state index contributed by atoms with van der Waals surface area (Å²) in [6.07, 6.45) is 0.689. The van der Waals surface area contributed by atoms with Gasteiger partial charge in [0.2, 0.25) is 11.8 Å². The molecule has 24 heavy (non-hydrogen) atoms. The van der Waals surface area contributed by atoms with Gasteiger partial charge in [-0.05, 0) is 11.6 Å². The first-order valence-electron chi connectivity index (χ1n) is 7.84. The summed E-state index contributed by atoms with van der Waals surface area (Å²) in [7, 11) is 0. The first-order valence-corrected chi connectivity index (χ1v) is 7.84. The molecule has 1 N–H and O–H groups in total. The number of carbonyl (C=O) groups excluding carboxylic acids is 2. The predicted molar refractivity (Wildman–Crippen MR) is 87.5 cm³/mol. The standard InChI is InChI=1S/C17H21F2N3O2/c18-15(19)13-21-8-10-22(11-9-21)17(24)12-20-16(23)7-6-14-4-2-1-3-5-14/h1-7,15H,8-13H2,(H,20,23)/b7-6-. The fraction of sp³-hybridized carbons (Fsp3) is 0.412. The molecule has 0 spiro atoms. The summed E-state index contributed by atoms with van der Waals surface area (Å²) in [5.74, 6) is -0.545. The molecule has 1 heterocycles. The molecular formula is C17H21F2N3O2. The van der Waals surface area contributed by atoms with E-state index in [2.05, 4.69) is 5.32 Å². The van der Waals surface area contributed by atoms with Gasteiger partial charge < -0.3 is 10.2 Å². The Balaban J connectivity index is 1.69. The fourth-order valence-corrected chi connectivity index (χ4v) is 2.44. The maximum atomic E-state index is 12.3. The molecule has 2 amide bonds. The van der Waals surface area contributed by atoms with E-state index in [-0.39, 0.29) is 24.9 Å². The summed E-state index contributed by atoms with van der Waals surface area (Å²) < 4.78 is 24.6. The van der Waals surface area contributed by atoms with Crippen molar-refractivity contribution in [3.63, 3.8) is 0 Å². The third-order valence-electron chi connectivity index (χ3n) is 3.76. The van der Waals surface area contributed by atoms with Crippen molar-refractivity contribution >= 4 is 17.9 Å². The van der Waals surface area contributed by atoms with E-state index < -0.39 is 6.43 Å². The second-order valence-corrected chi connectivity index (χ2v) is 5.53. The van der Waals surface area contributed by atoms with Crippen LogP contribution in [0.1, 0.15) is 5.56 Å². The highest BCUT2D eigenvalue weighted by Crippen LogP contribution is 2.05. The summed E-state index contributed by atoms with van der Waals surface area (Å²) >= 11 is 0. The Kier molecular flexibility index (Phi) is 6.87. The monoisotopic (exact) mass is 337 g/mol. The number of halogens is 2. The number of piperazine rings is 1. The third kappa shape index (κ3) is 6.08. The smallest absolute Gasteiger partial charge is 0.251 e. The molecule has 0 saturated carbocycles. The molecule has 7 heteroatoms. The fourth-order valence-electron chi connectivity index (χ4n) is 2.44. The highest BCUT2D eigenvalue weighted by Gasteiger charge is 2.22. The molecule has 0 radical (unpaired) electrons. The highest BCUT2D eigenvalue weighted by molar-refractivity contribution is 5.94. The minimum absolute atomic E-state index is 0.0905. The lowest BCUT2D eigenvalue weighted by Gasteiger charge is -2.34. The van der Waals surface area contributed by atoms with Gasteiger partial charge in [-0.3, -0.25) is 14.5 Å². The molecule has 1 saturated heterocycles. The molecule has 0 unspecified atom stereocenters. The molecular weight excluding hydrogens is 316 g/mol. The quantitative estimate of drug-likeness (QED) is 0.795.